The molecule has 1 aromatic carbocycles. The maximum Gasteiger partial charge on any atom is 0.0476 e. The zero-order chi connectivity index (χ0) is 9.97. The molecule has 0 aliphatic carbocycles. The summed E-state index contributed by atoms with van der Waals surface area (Å²) in [7, 11) is 0. The van der Waals surface area contributed by atoms with Crippen molar-refractivity contribution in [2.75, 3.05) is 24.6 Å². The fourth-order valence-corrected chi connectivity index (χ4v) is 2.13. The maximum atomic E-state index is 9.04. The molecular weight excluding hydrogens is 242 g/mol. The average Bonchev–Trinajstić information content (AvgIpc) is 2.67. The first-order valence-electron chi connectivity index (χ1n) is 4.91. The van der Waals surface area contributed by atoms with Crippen LogP contribution < -0.4 is 4.90 Å². The minimum Gasteiger partial charge on any atom is -0.396 e. The van der Waals surface area contributed by atoms with Crippen LogP contribution in [0.5, 0.6) is 0 Å². The molecule has 1 N–H and O–H groups in total. The highest BCUT2D eigenvalue weighted by atomic mass is 79.9. The van der Waals surface area contributed by atoms with Crippen molar-refractivity contribution in [3.8, 4) is 0 Å². The molecule has 0 unspecified atom stereocenters. The Morgan fingerprint density at radius 2 is 2.07 bits per heavy atom. The van der Waals surface area contributed by atoms with E-state index in [1.807, 2.05) is 0 Å². The number of hydrogen-bond donors (Lipinski definition) is 1. The van der Waals surface area contributed by atoms with Crippen molar-refractivity contribution in [1.29, 1.82) is 0 Å². The second kappa shape index (κ2) is 4.32. The van der Waals surface area contributed by atoms with Crippen LogP contribution in [0.1, 0.15) is 6.42 Å². The largest absolute Gasteiger partial charge is 0.396 e. The van der Waals surface area contributed by atoms with Gasteiger partial charge in [0.2, 0.25) is 0 Å². The Morgan fingerprint density at radius 1 is 1.36 bits per heavy atom. The highest BCUT2D eigenvalue weighted by Crippen LogP contribution is 2.24. The van der Waals surface area contributed by atoms with E-state index in [1.54, 1.807) is 0 Å². The van der Waals surface area contributed by atoms with Crippen LogP contribution in [0, 0.1) is 5.92 Å². The van der Waals surface area contributed by atoms with Crippen molar-refractivity contribution in [3.63, 3.8) is 0 Å². The smallest absolute Gasteiger partial charge is 0.0476 e. The summed E-state index contributed by atoms with van der Waals surface area (Å²) in [5.74, 6) is 0.457. The predicted molar refractivity (Wildman–Crippen MR) is 61.5 cm³/mol. The molecule has 76 valence electrons. The molecule has 0 saturated carbocycles. The van der Waals surface area contributed by atoms with Gasteiger partial charge in [0.25, 0.3) is 0 Å². The third-order valence-electron chi connectivity index (χ3n) is 2.74. The number of halogens is 1. The van der Waals surface area contributed by atoms with E-state index >= 15 is 0 Å². The number of hydrogen-bond acceptors (Lipinski definition) is 2. The first-order valence-corrected chi connectivity index (χ1v) is 5.70. The molecule has 1 atom stereocenters. The standard InChI is InChI=1S/C11H14BrNO/c12-10-1-3-11(4-2-10)13-6-5-9(7-13)8-14/h1-4,9,14H,5-8H2/t9-/m1/s1. The van der Waals surface area contributed by atoms with Crippen molar-refractivity contribution in [1.82, 2.24) is 0 Å². The van der Waals surface area contributed by atoms with E-state index in [9.17, 15) is 0 Å². The topological polar surface area (TPSA) is 23.5 Å². The Bertz CT molecular complexity index is 299. The summed E-state index contributed by atoms with van der Waals surface area (Å²) in [5.41, 5.74) is 1.25. The number of aliphatic hydroxyl groups is 1. The molecule has 0 bridgehead atoms. The van der Waals surface area contributed by atoms with Crippen LogP contribution in [0.4, 0.5) is 5.69 Å². The number of nitrogens with zero attached hydrogens (tertiary/aromatic N) is 1. The predicted octanol–water partition coefficient (Wildman–Crippen LogP) is 2.27. The van der Waals surface area contributed by atoms with E-state index in [0.29, 0.717) is 12.5 Å². The molecule has 1 aliphatic heterocycles. The Balaban J connectivity index is 2.06. The molecule has 0 aromatic heterocycles. The fraction of sp³-hybridized carbons (Fsp3) is 0.455. The van der Waals surface area contributed by atoms with Crippen molar-refractivity contribution < 1.29 is 5.11 Å². The van der Waals surface area contributed by atoms with Gasteiger partial charge in [0, 0.05) is 35.8 Å². The van der Waals surface area contributed by atoms with Gasteiger partial charge in [-0.25, -0.2) is 0 Å². The summed E-state index contributed by atoms with van der Waals surface area (Å²) in [4.78, 5) is 2.33. The van der Waals surface area contributed by atoms with Crippen molar-refractivity contribution in [2.24, 2.45) is 5.92 Å². The summed E-state index contributed by atoms with van der Waals surface area (Å²) in [6.45, 7) is 2.36. The van der Waals surface area contributed by atoms with Crippen LogP contribution in [-0.2, 0) is 0 Å². The first kappa shape index (κ1) is 9.99. The number of rotatable bonds is 2. The Labute approximate surface area is 92.7 Å². The number of anilines is 1. The van der Waals surface area contributed by atoms with Gasteiger partial charge in [-0.3, -0.25) is 0 Å². The van der Waals surface area contributed by atoms with E-state index < -0.39 is 0 Å². The second-order valence-electron chi connectivity index (χ2n) is 3.76. The summed E-state index contributed by atoms with van der Waals surface area (Å²) < 4.78 is 1.11. The highest BCUT2D eigenvalue weighted by molar-refractivity contribution is 9.10. The van der Waals surface area contributed by atoms with Gasteiger partial charge in [0.05, 0.1) is 0 Å². The van der Waals surface area contributed by atoms with E-state index in [2.05, 4.69) is 45.1 Å². The second-order valence-corrected chi connectivity index (χ2v) is 4.68. The molecule has 3 heteroatoms. The van der Waals surface area contributed by atoms with Gasteiger partial charge in [-0.05, 0) is 30.7 Å². The lowest BCUT2D eigenvalue weighted by molar-refractivity contribution is 0.238. The molecule has 0 radical (unpaired) electrons. The maximum absolute atomic E-state index is 9.04. The normalized spacial score (nSPS) is 21.6. The first-order chi connectivity index (χ1) is 6.79. The summed E-state index contributed by atoms with van der Waals surface area (Å²) in [6, 6.07) is 8.34. The van der Waals surface area contributed by atoms with Crippen LogP contribution in [0.25, 0.3) is 0 Å². The summed E-state index contributed by atoms with van der Waals surface area (Å²) >= 11 is 3.42. The van der Waals surface area contributed by atoms with Gasteiger partial charge in [-0.2, -0.15) is 0 Å². The van der Waals surface area contributed by atoms with Crippen LogP contribution in [-0.4, -0.2) is 24.8 Å². The zero-order valence-electron chi connectivity index (χ0n) is 7.99. The minimum atomic E-state index is 0.313. The number of aliphatic hydroxyl groups excluding tert-OH is 1. The van der Waals surface area contributed by atoms with Gasteiger partial charge in [0.1, 0.15) is 0 Å². The molecule has 0 amide bonds. The Hall–Kier alpha value is -0.540. The zero-order valence-corrected chi connectivity index (χ0v) is 9.57. The monoisotopic (exact) mass is 255 g/mol. The van der Waals surface area contributed by atoms with Crippen LogP contribution in [0.15, 0.2) is 28.7 Å². The Morgan fingerprint density at radius 3 is 2.64 bits per heavy atom. The van der Waals surface area contributed by atoms with E-state index in [1.165, 1.54) is 5.69 Å². The van der Waals surface area contributed by atoms with Crippen molar-refractivity contribution >= 4 is 21.6 Å². The molecule has 14 heavy (non-hydrogen) atoms. The van der Waals surface area contributed by atoms with Gasteiger partial charge in [-0.1, -0.05) is 15.9 Å². The Kier molecular flexibility index (Phi) is 3.08. The SMILES string of the molecule is OC[C@@H]1CCN(c2ccc(Br)cc2)C1. The molecule has 1 fully saturated rings. The lowest BCUT2D eigenvalue weighted by Gasteiger charge is -2.18. The quantitative estimate of drug-likeness (QED) is 0.877. The van der Waals surface area contributed by atoms with Gasteiger partial charge in [0.15, 0.2) is 0 Å². The van der Waals surface area contributed by atoms with Gasteiger partial charge >= 0.3 is 0 Å². The van der Waals surface area contributed by atoms with Crippen molar-refractivity contribution in [3.05, 3.63) is 28.7 Å². The molecule has 1 aliphatic rings. The van der Waals surface area contributed by atoms with Crippen LogP contribution >= 0.6 is 15.9 Å². The summed E-state index contributed by atoms with van der Waals surface area (Å²) in [6.07, 6.45) is 1.10. The lowest BCUT2D eigenvalue weighted by Crippen LogP contribution is -2.20. The minimum absolute atomic E-state index is 0.313. The van der Waals surface area contributed by atoms with Gasteiger partial charge < -0.3 is 10.0 Å². The molecule has 0 spiro atoms. The fourth-order valence-electron chi connectivity index (χ4n) is 1.87. The van der Waals surface area contributed by atoms with E-state index in [-0.39, 0.29) is 0 Å². The van der Waals surface area contributed by atoms with Crippen molar-refractivity contribution in [2.45, 2.75) is 6.42 Å². The average molecular weight is 256 g/mol. The molecule has 1 saturated heterocycles. The van der Waals surface area contributed by atoms with Crippen LogP contribution in [0.2, 0.25) is 0 Å². The molecular formula is C11H14BrNO. The van der Waals surface area contributed by atoms with E-state index in [0.717, 1.165) is 24.0 Å². The third-order valence-corrected chi connectivity index (χ3v) is 3.26. The third kappa shape index (κ3) is 2.10. The highest BCUT2D eigenvalue weighted by Gasteiger charge is 2.21. The van der Waals surface area contributed by atoms with E-state index in [4.69, 9.17) is 5.11 Å². The molecule has 2 nitrogen and oxygen atoms in total. The molecule has 1 heterocycles. The number of benzene rings is 1. The van der Waals surface area contributed by atoms with Gasteiger partial charge in [-0.15, -0.1) is 0 Å². The van der Waals surface area contributed by atoms with Crippen LogP contribution in [0.3, 0.4) is 0 Å². The summed E-state index contributed by atoms with van der Waals surface area (Å²) in [5, 5.41) is 9.04. The lowest BCUT2D eigenvalue weighted by atomic mass is 10.1. The molecule has 1 aromatic rings. The molecule has 2 rings (SSSR count).